The van der Waals surface area contributed by atoms with Crippen LogP contribution in [0.2, 0.25) is 0 Å². The number of pyridine rings is 1. The van der Waals surface area contributed by atoms with E-state index in [-0.39, 0.29) is 12.4 Å². The van der Waals surface area contributed by atoms with Crippen LogP contribution in [-0.4, -0.2) is 4.98 Å². The van der Waals surface area contributed by atoms with E-state index in [1.54, 1.807) is 0 Å². The van der Waals surface area contributed by atoms with Gasteiger partial charge in [-0.3, -0.25) is 5.43 Å². The zero-order valence-corrected chi connectivity index (χ0v) is 13.2. The van der Waals surface area contributed by atoms with E-state index >= 15 is 0 Å². The summed E-state index contributed by atoms with van der Waals surface area (Å²) >= 11 is 0. The Labute approximate surface area is 140 Å². The van der Waals surface area contributed by atoms with Gasteiger partial charge in [0.25, 0.3) is 0 Å². The van der Waals surface area contributed by atoms with Crippen LogP contribution in [0.5, 0.6) is 0 Å². The van der Waals surface area contributed by atoms with Crippen LogP contribution in [0.3, 0.4) is 0 Å². The summed E-state index contributed by atoms with van der Waals surface area (Å²) < 4.78 is 0. The first kappa shape index (κ1) is 15.1. The minimum absolute atomic E-state index is 0. The molecule has 0 aliphatic heterocycles. The lowest BCUT2D eigenvalue weighted by Crippen LogP contribution is -2.09. The molecule has 0 unspecified atom stereocenters. The predicted octanol–water partition coefficient (Wildman–Crippen LogP) is 5.25. The Balaban J connectivity index is 0.00000156. The highest BCUT2D eigenvalue weighted by atomic mass is 35.5. The van der Waals surface area contributed by atoms with E-state index in [9.17, 15) is 0 Å². The SMILES string of the molecule is Cl.c1ccc(NNc2c3ccccc3nc3ccccc23)cc1. The third kappa shape index (κ3) is 2.91. The third-order valence-corrected chi connectivity index (χ3v) is 3.69. The molecule has 0 saturated carbocycles. The molecule has 23 heavy (non-hydrogen) atoms. The van der Waals surface area contributed by atoms with Gasteiger partial charge in [0.05, 0.1) is 22.4 Å². The van der Waals surface area contributed by atoms with Crippen molar-refractivity contribution >= 4 is 45.6 Å². The molecule has 0 bridgehead atoms. The molecule has 0 amide bonds. The fourth-order valence-electron chi connectivity index (χ4n) is 2.63. The molecular formula is C19H16ClN3. The molecule has 0 aliphatic rings. The van der Waals surface area contributed by atoms with Gasteiger partial charge >= 0.3 is 0 Å². The molecular weight excluding hydrogens is 306 g/mol. The van der Waals surface area contributed by atoms with E-state index in [0.717, 1.165) is 33.2 Å². The first-order valence-electron chi connectivity index (χ1n) is 7.26. The van der Waals surface area contributed by atoms with Crippen molar-refractivity contribution in [3.05, 3.63) is 78.9 Å². The molecule has 0 atom stereocenters. The number of nitrogens with one attached hydrogen (secondary N) is 2. The van der Waals surface area contributed by atoms with Gasteiger partial charge in [0, 0.05) is 10.8 Å². The van der Waals surface area contributed by atoms with Crippen molar-refractivity contribution in [3.63, 3.8) is 0 Å². The molecule has 2 N–H and O–H groups in total. The van der Waals surface area contributed by atoms with Crippen LogP contribution in [0.15, 0.2) is 78.9 Å². The normalized spacial score (nSPS) is 10.3. The number of rotatable bonds is 3. The largest absolute Gasteiger partial charge is 0.301 e. The first-order valence-corrected chi connectivity index (χ1v) is 7.26. The average molecular weight is 322 g/mol. The monoisotopic (exact) mass is 321 g/mol. The van der Waals surface area contributed by atoms with Crippen LogP contribution in [0.25, 0.3) is 21.8 Å². The van der Waals surface area contributed by atoms with Crippen molar-refractivity contribution in [1.82, 2.24) is 4.98 Å². The number of anilines is 2. The fraction of sp³-hybridized carbons (Fsp3) is 0. The summed E-state index contributed by atoms with van der Waals surface area (Å²) in [4.78, 5) is 4.73. The molecule has 4 heteroatoms. The maximum Gasteiger partial charge on any atom is 0.0731 e. The third-order valence-electron chi connectivity index (χ3n) is 3.69. The molecule has 114 valence electrons. The smallest absolute Gasteiger partial charge is 0.0731 e. The molecule has 0 spiro atoms. The molecule has 3 nitrogen and oxygen atoms in total. The van der Waals surface area contributed by atoms with Gasteiger partial charge in [-0.15, -0.1) is 12.4 Å². The second kappa shape index (κ2) is 6.55. The highest BCUT2D eigenvalue weighted by Gasteiger charge is 2.07. The first-order chi connectivity index (χ1) is 10.9. The molecule has 3 aromatic carbocycles. The standard InChI is InChI=1S/C19H15N3.ClH/c1-2-8-14(9-3-1)21-22-19-15-10-4-6-12-17(15)20-18-13-7-5-11-16(18)19;/h1-13,21H,(H,20,22);1H. The Hall–Kier alpha value is -2.78. The van der Waals surface area contributed by atoms with Gasteiger partial charge < -0.3 is 5.43 Å². The number of benzene rings is 3. The van der Waals surface area contributed by atoms with E-state index in [2.05, 4.69) is 23.0 Å². The molecule has 4 rings (SSSR count). The lowest BCUT2D eigenvalue weighted by Gasteiger charge is -2.14. The maximum absolute atomic E-state index is 4.73. The number of fused-ring (bicyclic) bond motifs is 2. The Morgan fingerprint density at radius 3 is 1.70 bits per heavy atom. The van der Waals surface area contributed by atoms with Crippen LogP contribution < -0.4 is 10.9 Å². The van der Waals surface area contributed by atoms with E-state index in [1.807, 2.05) is 66.7 Å². The van der Waals surface area contributed by atoms with Gasteiger partial charge in [-0.1, -0.05) is 54.6 Å². The van der Waals surface area contributed by atoms with Gasteiger partial charge in [-0.05, 0) is 24.3 Å². The number of aromatic nitrogens is 1. The van der Waals surface area contributed by atoms with Gasteiger partial charge in [0.2, 0.25) is 0 Å². The molecule has 0 aliphatic carbocycles. The van der Waals surface area contributed by atoms with Crippen LogP contribution >= 0.6 is 12.4 Å². The summed E-state index contributed by atoms with van der Waals surface area (Å²) in [6.07, 6.45) is 0. The summed E-state index contributed by atoms with van der Waals surface area (Å²) in [5.41, 5.74) is 10.7. The van der Waals surface area contributed by atoms with E-state index in [4.69, 9.17) is 4.98 Å². The van der Waals surface area contributed by atoms with Crippen molar-refractivity contribution in [3.8, 4) is 0 Å². The van der Waals surface area contributed by atoms with Crippen molar-refractivity contribution in [1.29, 1.82) is 0 Å². The lowest BCUT2D eigenvalue weighted by molar-refractivity contribution is 1.42. The zero-order chi connectivity index (χ0) is 14.8. The molecule has 0 fully saturated rings. The van der Waals surface area contributed by atoms with Crippen LogP contribution in [0.1, 0.15) is 0 Å². The molecule has 4 aromatic rings. The maximum atomic E-state index is 4.73. The number of halogens is 1. The average Bonchev–Trinajstić information content (AvgIpc) is 2.59. The Kier molecular flexibility index (Phi) is 4.31. The number of hydrogen-bond acceptors (Lipinski definition) is 3. The minimum Gasteiger partial charge on any atom is -0.301 e. The predicted molar refractivity (Wildman–Crippen MR) is 100 cm³/mol. The summed E-state index contributed by atoms with van der Waals surface area (Å²) in [6, 6.07) is 26.4. The second-order valence-electron chi connectivity index (χ2n) is 5.14. The topological polar surface area (TPSA) is 37.0 Å². The fourth-order valence-corrected chi connectivity index (χ4v) is 2.63. The molecule has 1 aromatic heterocycles. The Bertz CT molecular complexity index is 885. The zero-order valence-electron chi connectivity index (χ0n) is 12.4. The van der Waals surface area contributed by atoms with Crippen molar-refractivity contribution in [2.24, 2.45) is 0 Å². The summed E-state index contributed by atoms with van der Waals surface area (Å²) in [7, 11) is 0. The second-order valence-corrected chi connectivity index (χ2v) is 5.14. The number of hydrazine groups is 1. The van der Waals surface area contributed by atoms with Gasteiger partial charge in [0.15, 0.2) is 0 Å². The van der Waals surface area contributed by atoms with Crippen LogP contribution in [0.4, 0.5) is 11.4 Å². The van der Waals surface area contributed by atoms with Crippen molar-refractivity contribution in [2.45, 2.75) is 0 Å². The summed E-state index contributed by atoms with van der Waals surface area (Å²) in [5, 5.41) is 2.20. The highest BCUT2D eigenvalue weighted by molar-refractivity contribution is 6.07. The van der Waals surface area contributed by atoms with Gasteiger partial charge in [-0.2, -0.15) is 0 Å². The van der Waals surface area contributed by atoms with Crippen molar-refractivity contribution < 1.29 is 0 Å². The van der Waals surface area contributed by atoms with Gasteiger partial charge in [0.1, 0.15) is 0 Å². The summed E-state index contributed by atoms with van der Waals surface area (Å²) in [6.45, 7) is 0. The number of para-hydroxylation sites is 3. The van der Waals surface area contributed by atoms with Crippen molar-refractivity contribution in [2.75, 3.05) is 10.9 Å². The minimum atomic E-state index is 0. The van der Waals surface area contributed by atoms with Crippen LogP contribution in [0, 0.1) is 0 Å². The molecule has 1 heterocycles. The summed E-state index contributed by atoms with van der Waals surface area (Å²) in [5.74, 6) is 0. The van der Waals surface area contributed by atoms with Crippen LogP contribution in [-0.2, 0) is 0 Å². The van der Waals surface area contributed by atoms with E-state index < -0.39 is 0 Å². The quantitative estimate of drug-likeness (QED) is 0.400. The number of nitrogens with zero attached hydrogens (tertiary/aromatic N) is 1. The lowest BCUT2D eigenvalue weighted by atomic mass is 10.1. The van der Waals surface area contributed by atoms with Gasteiger partial charge in [-0.25, -0.2) is 4.98 Å². The highest BCUT2D eigenvalue weighted by Crippen LogP contribution is 2.30. The Morgan fingerprint density at radius 2 is 1.09 bits per heavy atom. The van der Waals surface area contributed by atoms with E-state index in [0.29, 0.717) is 0 Å². The molecule has 0 radical (unpaired) electrons. The number of hydrogen-bond donors (Lipinski definition) is 2. The van der Waals surface area contributed by atoms with E-state index in [1.165, 1.54) is 0 Å². The molecule has 0 saturated heterocycles. The Morgan fingerprint density at radius 1 is 0.565 bits per heavy atom.